The molecule has 1 aromatic heterocycles. The lowest BCUT2D eigenvalue weighted by Crippen LogP contribution is -2.32. The number of nitrogens with one attached hydrogen (secondary N) is 1. The minimum absolute atomic E-state index is 0. The van der Waals surface area contributed by atoms with Gasteiger partial charge >= 0.3 is 0 Å². The number of rotatable bonds is 11. The molecule has 0 spiro atoms. The van der Waals surface area contributed by atoms with E-state index in [1.807, 2.05) is 26.2 Å². The normalized spacial score (nSPS) is 11.2. The minimum atomic E-state index is 0. The second-order valence-corrected chi connectivity index (χ2v) is 5.84. The van der Waals surface area contributed by atoms with Gasteiger partial charge in [0.05, 0.1) is 6.54 Å². The molecule has 0 aromatic carbocycles. The zero-order valence-corrected chi connectivity index (χ0v) is 17.5. The highest BCUT2D eigenvalue weighted by Gasteiger charge is 1.99. The molecule has 0 atom stereocenters. The molecule has 1 rings (SSSR count). The molecule has 0 aliphatic carbocycles. The molecule has 0 amide bonds. The van der Waals surface area contributed by atoms with Gasteiger partial charge in [0.2, 0.25) is 5.88 Å². The second-order valence-electron chi connectivity index (χ2n) is 5.84. The largest absolute Gasteiger partial charge is 0.476 e. The lowest BCUT2D eigenvalue weighted by atomic mass is 10.2. The summed E-state index contributed by atoms with van der Waals surface area (Å²) in [5.41, 5.74) is 6.91. The van der Waals surface area contributed by atoms with E-state index in [-0.39, 0.29) is 24.0 Å². The van der Waals surface area contributed by atoms with Crippen molar-refractivity contribution in [1.82, 2.24) is 15.2 Å². The van der Waals surface area contributed by atoms with Crippen molar-refractivity contribution in [3.63, 3.8) is 0 Å². The van der Waals surface area contributed by atoms with E-state index >= 15 is 0 Å². The average molecular weight is 449 g/mol. The minimum Gasteiger partial charge on any atom is -0.476 e. The van der Waals surface area contributed by atoms with Crippen molar-refractivity contribution in [2.75, 3.05) is 33.8 Å². The highest BCUT2D eigenvalue weighted by atomic mass is 127. The number of nitrogens with two attached hydrogens (primary N) is 1. The predicted octanol–water partition coefficient (Wildman–Crippen LogP) is 2.62. The molecule has 0 fully saturated rings. The summed E-state index contributed by atoms with van der Waals surface area (Å²) in [5, 5.41) is 3.15. The number of unbranched alkanes of at least 4 members (excludes halogenated alkanes) is 3. The third kappa shape index (κ3) is 11.4. The van der Waals surface area contributed by atoms with E-state index in [0.29, 0.717) is 25.0 Å². The van der Waals surface area contributed by atoms with Crippen molar-refractivity contribution < 1.29 is 4.74 Å². The van der Waals surface area contributed by atoms with E-state index in [1.54, 1.807) is 6.20 Å². The number of halogens is 1. The second kappa shape index (κ2) is 14.3. The maximum absolute atomic E-state index is 5.87. The zero-order chi connectivity index (χ0) is 16.9. The number of pyridine rings is 1. The van der Waals surface area contributed by atoms with Crippen LogP contribution in [0.2, 0.25) is 0 Å². The van der Waals surface area contributed by atoms with Crippen LogP contribution < -0.4 is 15.8 Å². The Balaban J connectivity index is 0.00000529. The van der Waals surface area contributed by atoms with Gasteiger partial charge in [0.1, 0.15) is 6.61 Å². The Kier molecular flexibility index (Phi) is 13.6. The fraction of sp³-hybridized carbons (Fsp3) is 0.647. The van der Waals surface area contributed by atoms with E-state index in [1.165, 1.54) is 19.3 Å². The topological polar surface area (TPSA) is 75.8 Å². The Hall–Kier alpha value is -1.09. The van der Waals surface area contributed by atoms with Crippen LogP contribution in [0.25, 0.3) is 0 Å². The van der Waals surface area contributed by atoms with Gasteiger partial charge in [-0.25, -0.2) is 9.98 Å². The summed E-state index contributed by atoms with van der Waals surface area (Å²) < 4.78 is 5.62. The van der Waals surface area contributed by atoms with Crippen LogP contribution in [0.15, 0.2) is 23.3 Å². The van der Waals surface area contributed by atoms with Gasteiger partial charge in [-0.2, -0.15) is 0 Å². The molecule has 1 aromatic rings. The molecule has 6 nitrogen and oxygen atoms in total. The first-order chi connectivity index (χ1) is 11.1. The lowest BCUT2D eigenvalue weighted by Gasteiger charge is -2.10. The summed E-state index contributed by atoms with van der Waals surface area (Å²) in [4.78, 5) is 10.6. The standard InChI is InChI=1S/C17H31N5O.HI/c1-4-5-6-7-9-20-17(18)21-14-15-8-10-19-16(13-15)23-12-11-22(2)3;/h8,10,13H,4-7,9,11-12,14H2,1-3H3,(H3,18,20,21);1H. The van der Waals surface area contributed by atoms with Crippen molar-refractivity contribution in [3.05, 3.63) is 23.9 Å². The molecule has 3 N–H and O–H groups in total. The van der Waals surface area contributed by atoms with Crippen LogP contribution in [0.3, 0.4) is 0 Å². The molecular formula is C17H32IN5O. The first-order valence-electron chi connectivity index (χ1n) is 8.38. The fourth-order valence-electron chi connectivity index (χ4n) is 1.96. The fourth-order valence-corrected chi connectivity index (χ4v) is 1.96. The van der Waals surface area contributed by atoms with Gasteiger partial charge in [-0.05, 0) is 32.1 Å². The Labute approximate surface area is 163 Å². The SMILES string of the molecule is CCCCCCNC(N)=NCc1ccnc(OCCN(C)C)c1.I. The molecule has 0 unspecified atom stereocenters. The van der Waals surface area contributed by atoms with E-state index in [2.05, 4.69) is 27.1 Å². The molecule has 0 bridgehead atoms. The van der Waals surface area contributed by atoms with Crippen LogP contribution in [-0.4, -0.2) is 49.6 Å². The Bertz CT molecular complexity index is 468. The molecular weight excluding hydrogens is 417 g/mol. The van der Waals surface area contributed by atoms with Crippen molar-refractivity contribution >= 4 is 29.9 Å². The third-order valence-electron chi connectivity index (χ3n) is 3.36. The van der Waals surface area contributed by atoms with Crippen LogP contribution >= 0.6 is 24.0 Å². The molecule has 0 radical (unpaired) electrons. The molecule has 138 valence electrons. The first-order valence-corrected chi connectivity index (χ1v) is 8.38. The monoisotopic (exact) mass is 449 g/mol. The summed E-state index contributed by atoms with van der Waals surface area (Å²) in [6, 6.07) is 3.84. The van der Waals surface area contributed by atoms with Crippen LogP contribution in [0.1, 0.15) is 38.2 Å². The molecule has 7 heteroatoms. The number of nitrogens with zero attached hydrogens (tertiary/aromatic N) is 3. The quantitative estimate of drug-likeness (QED) is 0.235. The van der Waals surface area contributed by atoms with Gasteiger partial charge in [-0.3, -0.25) is 0 Å². The van der Waals surface area contributed by atoms with Crippen LogP contribution in [-0.2, 0) is 6.54 Å². The van der Waals surface area contributed by atoms with Gasteiger partial charge in [0.15, 0.2) is 5.96 Å². The maximum atomic E-state index is 5.87. The van der Waals surface area contributed by atoms with Crippen LogP contribution in [0, 0.1) is 0 Å². The summed E-state index contributed by atoms with van der Waals surface area (Å²) in [6.45, 7) is 5.09. The van der Waals surface area contributed by atoms with Crippen LogP contribution in [0.5, 0.6) is 5.88 Å². The van der Waals surface area contributed by atoms with Gasteiger partial charge in [0.25, 0.3) is 0 Å². The summed E-state index contributed by atoms with van der Waals surface area (Å²) in [7, 11) is 4.03. The molecule has 0 aliphatic heterocycles. The summed E-state index contributed by atoms with van der Waals surface area (Å²) >= 11 is 0. The number of guanidine groups is 1. The lowest BCUT2D eigenvalue weighted by molar-refractivity contribution is 0.253. The van der Waals surface area contributed by atoms with E-state index < -0.39 is 0 Å². The maximum Gasteiger partial charge on any atom is 0.213 e. The molecule has 24 heavy (non-hydrogen) atoms. The number of hydrogen-bond acceptors (Lipinski definition) is 4. The highest BCUT2D eigenvalue weighted by molar-refractivity contribution is 14.0. The molecule has 0 aliphatic rings. The highest BCUT2D eigenvalue weighted by Crippen LogP contribution is 2.10. The average Bonchev–Trinajstić information content (AvgIpc) is 2.53. The van der Waals surface area contributed by atoms with E-state index in [0.717, 1.165) is 25.1 Å². The summed E-state index contributed by atoms with van der Waals surface area (Å²) in [5.74, 6) is 1.12. The first kappa shape index (κ1) is 22.9. The molecule has 0 saturated carbocycles. The van der Waals surface area contributed by atoms with Gasteiger partial charge < -0.3 is 20.7 Å². The number of aliphatic imine (C=N–C) groups is 1. The number of ether oxygens (including phenoxy) is 1. The van der Waals surface area contributed by atoms with Crippen molar-refractivity contribution in [2.45, 2.75) is 39.2 Å². The van der Waals surface area contributed by atoms with Gasteiger partial charge in [0, 0.05) is 25.4 Å². The van der Waals surface area contributed by atoms with Gasteiger partial charge in [-0.1, -0.05) is 26.2 Å². The smallest absolute Gasteiger partial charge is 0.213 e. The Morgan fingerprint density at radius 2 is 2.12 bits per heavy atom. The zero-order valence-electron chi connectivity index (χ0n) is 15.1. The van der Waals surface area contributed by atoms with E-state index in [9.17, 15) is 0 Å². The van der Waals surface area contributed by atoms with Crippen molar-refractivity contribution in [3.8, 4) is 5.88 Å². The Morgan fingerprint density at radius 3 is 2.83 bits per heavy atom. The van der Waals surface area contributed by atoms with E-state index in [4.69, 9.17) is 10.5 Å². The third-order valence-corrected chi connectivity index (χ3v) is 3.36. The Morgan fingerprint density at radius 1 is 1.33 bits per heavy atom. The molecule has 0 saturated heterocycles. The summed E-state index contributed by atoms with van der Waals surface area (Å²) in [6.07, 6.45) is 6.61. The number of likely N-dealkylation sites (N-methyl/N-ethyl adjacent to an activating group) is 1. The van der Waals surface area contributed by atoms with Crippen molar-refractivity contribution in [1.29, 1.82) is 0 Å². The van der Waals surface area contributed by atoms with Crippen LogP contribution in [0.4, 0.5) is 0 Å². The van der Waals surface area contributed by atoms with Crippen molar-refractivity contribution in [2.24, 2.45) is 10.7 Å². The van der Waals surface area contributed by atoms with Gasteiger partial charge in [-0.15, -0.1) is 24.0 Å². The molecule has 1 heterocycles. The number of hydrogen-bond donors (Lipinski definition) is 2. The number of aromatic nitrogens is 1. The predicted molar refractivity (Wildman–Crippen MR) is 111 cm³/mol.